The molecule has 0 aliphatic carbocycles. The van der Waals surface area contributed by atoms with Crippen LogP contribution in [-0.2, 0) is 0 Å². The Balaban J connectivity index is 2.32. The van der Waals surface area contributed by atoms with Crippen LogP contribution in [-0.4, -0.2) is 43.5 Å². The minimum Gasteiger partial charge on any atom is -0.385 e. The van der Waals surface area contributed by atoms with Gasteiger partial charge in [-0.2, -0.15) is 0 Å². The van der Waals surface area contributed by atoms with Gasteiger partial charge in [0, 0.05) is 30.4 Å². The molecule has 4 nitrogen and oxygen atoms in total. The molecule has 20 heavy (non-hydrogen) atoms. The van der Waals surface area contributed by atoms with Crippen molar-refractivity contribution in [3.05, 3.63) is 29.8 Å². The fourth-order valence-electron chi connectivity index (χ4n) is 1.83. The van der Waals surface area contributed by atoms with Crippen LogP contribution < -0.4 is 10.6 Å². The Bertz CT molecular complexity index is 401. The normalized spacial score (nSPS) is 10.9. The highest BCUT2D eigenvalue weighted by Gasteiger charge is 2.06. The number of hydrogen-bond donors (Lipinski definition) is 2. The molecule has 0 aromatic heterocycles. The first-order valence-electron chi connectivity index (χ1n) is 7.37. The number of rotatable bonds is 8. The van der Waals surface area contributed by atoms with E-state index < -0.39 is 0 Å². The fraction of sp³-hybridized carbons (Fsp3) is 0.562. The lowest BCUT2D eigenvalue weighted by atomic mass is 10.2. The Kier molecular flexibility index (Phi) is 7.09. The molecular formula is C16H27N3O. The molecule has 0 aliphatic rings. The summed E-state index contributed by atoms with van der Waals surface area (Å²) in [5, 5.41) is 6.17. The van der Waals surface area contributed by atoms with Crippen molar-refractivity contribution in [3.8, 4) is 0 Å². The maximum Gasteiger partial charge on any atom is 0.251 e. The zero-order valence-corrected chi connectivity index (χ0v) is 13.1. The quantitative estimate of drug-likeness (QED) is 0.718. The smallest absolute Gasteiger partial charge is 0.251 e. The van der Waals surface area contributed by atoms with Crippen LogP contribution in [0.1, 0.15) is 37.6 Å². The Morgan fingerprint density at radius 3 is 2.45 bits per heavy atom. The van der Waals surface area contributed by atoms with E-state index in [1.54, 1.807) is 0 Å². The minimum atomic E-state index is 0.000230. The maximum absolute atomic E-state index is 11.9. The number of amides is 1. The van der Waals surface area contributed by atoms with Crippen molar-refractivity contribution in [3.63, 3.8) is 0 Å². The molecule has 112 valence electrons. The fourth-order valence-corrected chi connectivity index (χ4v) is 1.83. The lowest BCUT2D eigenvalue weighted by Crippen LogP contribution is -2.31. The summed E-state index contributed by atoms with van der Waals surface area (Å²) in [4.78, 5) is 14.2. The molecule has 1 rings (SSSR count). The van der Waals surface area contributed by atoms with Crippen LogP contribution in [0, 0.1) is 0 Å². The van der Waals surface area contributed by atoms with Crippen molar-refractivity contribution in [1.29, 1.82) is 0 Å². The van der Waals surface area contributed by atoms with Gasteiger partial charge in [-0.25, -0.2) is 0 Å². The number of anilines is 1. The zero-order chi connectivity index (χ0) is 15.0. The van der Waals surface area contributed by atoms with Crippen molar-refractivity contribution in [2.24, 2.45) is 0 Å². The first-order valence-corrected chi connectivity index (χ1v) is 7.37. The maximum atomic E-state index is 11.9. The third-order valence-corrected chi connectivity index (χ3v) is 3.38. The van der Waals surface area contributed by atoms with Crippen molar-refractivity contribution in [2.75, 3.05) is 32.0 Å². The number of carbonyl (C=O) groups is 1. The average Bonchev–Trinajstić information content (AvgIpc) is 2.44. The Morgan fingerprint density at radius 2 is 1.90 bits per heavy atom. The highest BCUT2D eigenvalue weighted by molar-refractivity contribution is 5.94. The van der Waals surface area contributed by atoms with E-state index in [1.165, 1.54) is 0 Å². The van der Waals surface area contributed by atoms with Crippen LogP contribution in [0.3, 0.4) is 0 Å². The summed E-state index contributed by atoms with van der Waals surface area (Å²) in [6.07, 6.45) is 0.968. The van der Waals surface area contributed by atoms with E-state index in [1.807, 2.05) is 24.3 Å². The van der Waals surface area contributed by atoms with Crippen LogP contribution in [0.4, 0.5) is 5.69 Å². The number of nitrogens with zero attached hydrogens (tertiary/aromatic N) is 1. The Labute approximate surface area is 122 Å². The SMILES string of the molecule is CCNc1ccc(C(=O)NCCCN(C)C(C)C)cc1. The molecule has 1 aromatic carbocycles. The molecule has 4 heteroatoms. The van der Waals surface area contributed by atoms with Crippen molar-refractivity contribution in [2.45, 2.75) is 33.2 Å². The monoisotopic (exact) mass is 277 g/mol. The molecule has 0 saturated heterocycles. The van der Waals surface area contributed by atoms with Crippen molar-refractivity contribution in [1.82, 2.24) is 10.2 Å². The van der Waals surface area contributed by atoms with Gasteiger partial charge in [-0.05, 0) is 65.0 Å². The standard InChI is InChI=1S/C16H27N3O/c1-5-17-15-9-7-14(8-10-15)16(20)18-11-6-12-19(4)13(2)3/h7-10,13,17H,5-6,11-12H2,1-4H3,(H,18,20). The van der Waals surface area contributed by atoms with E-state index in [4.69, 9.17) is 0 Å². The van der Waals surface area contributed by atoms with Gasteiger partial charge in [-0.3, -0.25) is 4.79 Å². The lowest BCUT2D eigenvalue weighted by molar-refractivity contribution is 0.0951. The number of benzene rings is 1. The van der Waals surface area contributed by atoms with Crippen molar-refractivity contribution >= 4 is 11.6 Å². The third kappa shape index (κ3) is 5.61. The van der Waals surface area contributed by atoms with Gasteiger partial charge < -0.3 is 15.5 Å². The van der Waals surface area contributed by atoms with Gasteiger partial charge in [-0.15, -0.1) is 0 Å². The predicted octanol–water partition coefficient (Wildman–Crippen LogP) is 2.58. The predicted molar refractivity (Wildman–Crippen MR) is 85.3 cm³/mol. The van der Waals surface area contributed by atoms with E-state index in [0.717, 1.165) is 25.2 Å². The summed E-state index contributed by atoms with van der Waals surface area (Å²) < 4.78 is 0. The minimum absolute atomic E-state index is 0.000230. The number of hydrogen-bond acceptors (Lipinski definition) is 3. The van der Waals surface area contributed by atoms with Crippen LogP contribution in [0.15, 0.2) is 24.3 Å². The molecule has 0 fully saturated rings. The van der Waals surface area contributed by atoms with E-state index in [9.17, 15) is 4.79 Å². The van der Waals surface area contributed by atoms with Gasteiger partial charge >= 0.3 is 0 Å². The van der Waals surface area contributed by atoms with Gasteiger partial charge in [0.25, 0.3) is 5.91 Å². The van der Waals surface area contributed by atoms with Gasteiger partial charge in [0.15, 0.2) is 0 Å². The van der Waals surface area contributed by atoms with Gasteiger partial charge in [0.05, 0.1) is 0 Å². The van der Waals surface area contributed by atoms with Crippen LogP contribution >= 0.6 is 0 Å². The summed E-state index contributed by atoms with van der Waals surface area (Å²) >= 11 is 0. The van der Waals surface area contributed by atoms with Gasteiger partial charge in [-0.1, -0.05) is 0 Å². The number of carbonyl (C=O) groups excluding carboxylic acids is 1. The molecule has 0 heterocycles. The molecular weight excluding hydrogens is 250 g/mol. The third-order valence-electron chi connectivity index (χ3n) is 3.38. The topological polar surface area (TPSA) is 44.4 Å². The highest BCUT2D eigenvalue weighted by atomic mass is 16.1. The molecule has 1 amide bonds. The molecule has 0 aliphatic heterocycles. The molecule has 1 aromatic rings. The van der Waals surface area contributed by atoms with E-state index in [2.05, 4.69) is 43.4 Å². The molecule has 0 saturated carbocycles. The molecule has 0 unspecified atom stereocenters. The summed E-state index contributed by atoms with van der Waals surface area (Å²) in [6, 6.07) is 8.13. The second-order valence-electron chi connectivity index (χ2n) is 5.29. The van der Waals surface area contributed by atoms with Crippen LogP contribution in [0.5, 0.6) is 0 Å². The van der Waals surface area contributed by atoms with E-state index >= 15 is 0 Å². The largest absolute Gasteiger partial charge is 0.385 e. The second-order valence-corrected chi connectivity index (χ2v) is 5.29. The molecule has 2 N–H and O–H groups in total. The first kappa shape index (κ1) is 16.5. The lowest BCUT2D eigenvalue weighted by Gasteiger charge is -2.20. The Hall–Kier alpha value is -1.55. The summed E-state index contributed by atoms with van der Waals surface area (Å²) in [5.41, 5.74) is 1.76. The highest BCUT2D eigenvalue weighted by Crippen LogP contribution is 2.09. The number of nitrogens with one attached hydrogen (secondary N) is 2. The average molecular weight is 277 g/mol. The molecule has 0 bridgehead atoms. The summed E-state index contributed by atoms with van der Waals surface area (Å²) in [5.74, 6) is 0.000230. The molecule has 0 radical (unpaired) electrons. The van der Waals surface area contributed by atoms with Crippen LogP contribution in [0.25, 0.3) is 0 Å². The zero-order valence-electron chi connectivity index (χ0n) is 13.1. The summed E-state index contributed by atoms with van der Waals surface area (Å²) in [7, 11) is 2.10. The van der Waals surface area contributed by atoms with E-state index in [0.29, 0.717) is 18.2 Å². The van der Waals surface area contributed by atoms with Crippen molar-refractivity contribution < 1.29 is 4.79 Å². The van der Waals surface area contributed by atoms with Crippen LogP contribution in [0.2, 0.25) is 0 Å². The van der Waals surface area contributed by atoms with E-state index in [-0.39, 0.29) is 5.91 Å². The van der Waals surface area contributed by atoms with Gasteiger partial charge in [0.1, 0.15) is 0 Å². The molecule has 0 atom stereocenters. The first-order chi connectivity index (χ1) is 9.54. The molecule has 0 spiro atoms. The summed E-state index contributed by atoms with van der Waals surface area (Å²) in [6.45, 7) is 8.99. The second kappa shape index (κ2) is 8.59. The Morgan fingerprint density at radius 1 is 1.25 bits per heavy atom. The van der Waals surface area contributed by atoms with Gasteiger partial charge in [0.2, 0.25) is 0 Å².